The molecular formula is C21H25Cl3N4OS. The summed E-state index contributed by atoms with van der Waals surface area (Å²) in [7, 11) is 0. The Labute approximate surface area is 196 Å². The summed E-state index contributed by atoms with van der Waals surface area (Å²) in [5.74, 6) is -0.140. The summed E-state index contributed by atoms with van der Waals surface area (Å²) in [5, 5.41) is 10.0. The van der Waals surface area contributed by atoms with Crippen molar-refractivity contribution in [3.63, 3.8) is 0 Å². The second-order valence-corrected chi connectivity index (χ2v) is 10.6. The van der Waals surface area contributed by atoms with Gasteiger partial charge >= 0.3 is 0 Å². The van der Waals surface area contributed by atoms with Gasteiger partial charge in [-0.15, -0.1) is 11.8 Å². The summed E-state index contributed by atoms with van der Waals surface area (Å²) < 4.78 is 0.795. The van der Waals surface area contributed by atoms with Crippen LogP contribution in [-0.2, 0) is 4.79 Å². The SMILES string of the molecule is CC[C@H]1C(C(=O)NN2CCCCC2)=NN(c2ccc(Cl)cc2Cl)[C@@H]1C1CC=C(Cl)S1. The largest absolute Gasteiger partial charge is 0.284 e. The number of hydrogen-bond donors (Lipinski definition) is 1. The fourth-order valence-corrected chi connectivity index (χ4v) is 6.45. The zero-order chi connectivity index (χ0) is 21.3. The van der Waals surface area contributed by atoms with Crippen molar-refractivity contribution >= 4 is 63.9 Å². The highest BCUT2D eigenvalue weighted by molar-refractivity contribution is 8.05. The molecule has 3 heterocycles. The molecule has 0 bridgehead atoms. The third kappa shape index (κ3) is 4.63. The van der Waals surface area contributed by atoms with Crippen LogP contribution in [-0.4, -0.2) is 41.0 Å². The van der Waals surface area contributed by atoms with Gasteiger partial charge in [0.05, 0.1) is 21.1 Å². The van der Waals surface area contributed by atoms with Crippen molar-refractivity contribution in [3.05, 3.63) is 38.7 Å². The predicted molar refractivity (Wildman–Crippen MR) is 127 cm³/mol. The van der Waals surface area contributed by atoms with Crippen molar-refractivity contribution in [2.75, 3.05) is 18.1 Å². The van der Waals surface area contributed by atoms with Gasteiger partial charge in [0.1, 0.15) is 5.71 Å². The molecule has 0 saturated carbocycles. The molecule has 1 aromatic rings. The van der Waals surface area contributed by atoms with Gasteiger partial charge in [0, 0.05) is 29.3 Å². The molecule has 5 nitrogen and oxygen atoms in total. The Kier molecular flexibility index (Phi) is 7.20. The van der Waals surface area contributed by atoms with Crippen LogP contribution in [0.1, 0.15) is 39.0 Å². The molecule has 0 aromatic heterocycles. The molecule has 162 valence electrons. The summed E-state index contributed by atoms with van der Waals surface area (Å²) in [4.78, 5) is 13.2. The maximum atomic E-state index is 13.2. The van der Waals surface area contributed by atoms with Crippen LogP contribution >= 0.6 is 46.6 Å². The number of hydrogen-bond acceptors (Lipinski definition) is 5. The van der Waals surface area contributed by atoms with Crippen molar-refractivity contribution in [3.8, 4) is 0 Å². The van der Waals surface area contributed by atoms with Gasteiger partial charge in [-0.25, -0.2) is 5.01 Å². The number of anilines is 1. The number of hydrazone groups is 1. The number of carbonyl (C=O) groups is 1. The van der Waals surface area contributed by atoms with Gasteiger partial charge in [-0.2, -0.15) is 5.10 Å². The van der Waals surface area contributed by atoms with Gasteiger partial charge < -0.3 is 0 Å². The first-order valence-corrected chi connectivity index (χ1v) is 12.4. The van der Waals surface area contributed by atoms with Crippen LogP contribution in [0, 0.1) is 5.92 Å². The van der Waals surface area contributed by atoms with E-state index in [0.717, 1.165) is 48.8 Å². The van der Waals surface area contributed by atoms with E-state index in [1.807, 2.05) is 22.2 Å². The lowest BCUT2D eigenvalue weighted by molar-refractivity contribution is -0.120. The molecule has 1 saturated heterocycles. The first kappa shape index (κ1) is 22.3. The lowest BCUT2D eigenvalue weighted by atomic mass is 9.89. The van der Waals surface area contributed by atoms with Crippen molar-refractivity contribution in [1.29, 1.82) is 0 Å². The summed E-state index contributed by atoms with van der Waals surface area (Å²) >= 11 is 20.6. The number of benzene rings is 1. The van der Waals surface area contributed by atoms with Gasteiger partial charge in [-0.3, -0.25) is 15.2 Å². The average Bonchev–Trinajstić information content (AvgIpc) is 3.32. The Morgan fingerprint density at radius 2 is 2.00 bits per heavy atom. The van der Waals surface area contributed by atoms with Gasteiger partial charge in [-0.1, -0.05) is 54.2 Å². The molecule has 1 N–H and O–H groups in total. The molecule has 9 heteroatoms. The van der Waals surface area contributed by atoms with Crippen molar-refractivity contribution < 1.29 is 4.79 Å². The second-order valence-electron chi connectivity index (χ2n) is 7.82. The van der Waals surface area contributed by atoms with Crippen LogP contribution in [0.25, 0.3) is 0 Å². The van der Waals surface area contributed by atoms with Crippen LogP contribution in [0.2, 0.25) is 10.0 Å². The molecule has 30 heavy (non-hydrogen) atoms. The fourth-order valence-electron chi connectivity index (χ4n) is 4.40. The van der Waals surface area contributed by atoms with Crippen LogP contribution in [0.15, 0.2) is 33.7 Å². The Morgan fingerprint density at radius 3 is 2.63 bits per heavy atom. The van der Waals surface area contributed by atoms with Gasteiger partial charge in [0.15, 0.2) is 0 Å². The molecule has 0 aliphatic carbocycles. The number of allylic oxidation sites excluding steroid dienone is 1. The van der Waals surface area contributed by atoms with E-state index in [2.05, 4.69) is 12.3 Å². The molecule has 1 amide bonds. The average molecular weight is 488 g/mol. The van der Waals surface area contributed by atoms with E-state index in [1.165, 1.54) is 6.42 Å². The molecule has 0 spiro atoms. The van der Waals surface area contributed by atoms with E-state index in [1.54, 1.807) is 23.9 Å². The number of thioether (sulfide) groups is 1. The lowest BCUT2D eigenvalue weighted by Crippen LogP contribution is -2.49. The number of halogens is 3. The molecule has 1 aromatic carbocycles. The highest BCUT2D eigenvalue weighted by Gasteiger charge is 2.46. The Bertz CT molecular complexity index is 872. The topological polar surface area (TPSA) is 47.9 Å². The third-order valence-corrected chi connectivity index (χ3v) is 7.99. The molecule has 1 unspecified atom stereocenters. The first-order chi connectivity index (χ1) is 14.5. The third-order valence-electron chi connectivity index (χ3n) is 5.86. The molecule has 0 radical (unpaired) electrons. The maximum Gasteiger partial charge on any atom is 0.282 e. The minimum Gasteiger partial charge on any atom is -0.284 e. The normalized spacial score (nSPS) is 27.2. The van der Waals surface area contributed by atoms with E-state index in [4.69, 9.17) is 39.9 Å². The number of carbonyl (C=O) groups excluding carboxylic acids is 1. The number of amides is 1. The number of nitrogens with zero attached hydrogens (tertiary/aromatic N) is 3. The van der Waals surface area contributed by atoms with Crippen molar-refractivity contribution in [2.45, 2.75) is 50.3 Å². The second kappa shape index (κ2) is 9.70. The van der Waals surface area contributed by atoms with E-state index in [-0.39, 0.29) is 23.1 Å². The van der Waals surface area contributed by atoms with Crippen LogP contribution in [0.3, 0.4) is 0 Å². The minimum absolute atomic E-state index is 0.0185. The first-order valence-electron chi connectivity index (χ1n) is 10.4. The Morgan fingerprint density at radius 1 is 1.23 bits per heavy atom. The smallest absolute Gasteiger partial charge is 0.282 e. The van der Waals surface area contributed by atoms with Gasteiger partial charge in [-0.05, 0) is 43.9 Å². The number of nitrogens with one attached hydrogen (secondary N) is 1. The highest BCUT2D eigenvalue weighted by atomic mass is 35.5. The molecular weight excluding hydrogens is 463 g/mol. The monoisotopic (exact) mass is 486 g/mol. The standard InChI is InChI=1S/C21H25Cl3N4OS/c1-2-14-19(21(29)26-27-10-4-3-5-11-27)25-28(16-7-6-13(22)12-15(16)23)20(14)17-8-9-18(24)30-17/h6-7,9,12,14,17,20H,2-5,8,10-11H2,1H3,(H,26,29)/t14-,17?,20-/m0/s1. The summed E-state index contributed by atoms with van der Waals surface area (Å²) in [5.41, 5.74) is 4.39. The lowest BCUT2D eigenvalue weighted by Gasteiger charge is -2.32. The molecule has 3 aliphatic rings. The van der Waals surface area contributed by atoms with E-state index < -0.39 is 0 Å². The van der Waals surface area contributed by atoms with Gasteiger partial charge in [0.2, 0.25) is 0 Å². The fraction of sp³-hybridized carbons (Fsp3) is 0.524. The Hall–Kier alpha value is -0.920. The summed E-state index contributed by atoms with van der Waals surface area (Å²) in [6.45, 7) is 3.86. The highest BCUT2D eigenvalue weighted by Crippen LogP contribution is 2.45. The van der Waals surface area contributed by atoms with Gasteiger partial charge in [0.25, 0.3) is 5.91 Å². The summed E-state index contributed by atoms with van der Waals surface area (Å²) in [6, 6.07) is 5.36. The molecule has 4 rings (SSSR count). The van der Waals surface area contributed by atoms with Crippen LogP contribution in [0.4, 0.5) is 5.69 Å². The number of rotatable bonds is 5. The molecule has 3 atom stereocenters. The Balaban J connectivity index is 1.65. The predicted octanol–water partition coefficient (Wildman–Crippen LogP) is 5.67. The van der Waals surface area contributed by atoms with E-state index in [9.17, 15) is 4.79 Å². The van der Waals surface area contributed by atoms with E-state index >= 15 is 0 Å². The van der Waals surface area contributed by atoms with Crippen LogP contribution in [0.5, 0.6) is 0 Å². The minimum atomic E-state index is -0.122. The van der Waals surface area contributed by atoms with Crippen molar-refractivity contribution in [1.82, 2.24) is 10.4 Å². The quantitative estimate of drug-likeness (QED) is 0.581. The van der Waals surface area contributed by atoms with Crippen molar-refractivity contribution in [2.24, 2.45) is 11.0 Å². The number of hydrazine groups is 1. The van der Waals surface area contributed by atoms with E-state index in [0.29, 0.717) is 15.8 Å². The summed E-state index contributed by atoms with van der Waals surface area (Å²) in [6.07, 6.45) is 7.08. The maximum absolute atomic E-state index is 13.2. The molecule has 1 fully saturated rings. The zero-order valence-corrected chi connectivity index (χ0v) is 19.9. The zero-order valence-electron chi connectivity index (χ0n) is 16.8. The molecule has 3 aliphatic heterocycles. The number of piperidine rings is 1. The van der Waals surface area contributed by atoms with Crippen LogP contribution < -0.4 is 10.4 Å².